The molecular formula is C11H16N2O2S. The highest BCUT2D eigenvalue weighted by Crippen LogP contribution is 2.29. The van der Waals surface area contributed by atoms with E-state index in [1.807, 2.05) is 23.3 Å². The van der Waals surface area contributed by atoms with Crippen molar-refractivity contribution in [2.45, 2.75) is 13.0 Å². The van der Waals surface area contributed by atoms with Crippen LogP contribution < -0.4 is 5.32 Å². The Morgan fingerprint density at radius 1 is 1.56 bits per heavy atom. The molecule has 2 heterocycles. The lowest BCUT2D eigenvalue weighted by atomic mass is 10.1. The van der Waals surface area contributed by atoms with Gasteiger partial charge in [-0.25, -0.2) is 0 Å². The minimum atomic E-state index is -0.743. The Bertz CT molecular complexity index is 372. The number of thiophene rings is 1. The first-order valence-electron chi connectivity index (χ1n) is 5.41. The van der Waals surface area contributed by atoms with Crippen molar-refractivity contribution in [3.63, 3.8) is 0 Å². The highest BCUT2D eigenvalue weighted by molar-refractivity contribution is 7.10. The van der Waals surface area contributed by atoms with Gasteiger partial charge >= 0.3 is 5.97 Å². The first kappa shape index (κ1) is 11.6. The zero-order valence-electron chi connectivity index (χ0n) is 9.27. The second-order valence-corrected chi connectivity index (χ2v) is 4.94. The van der Waals surface area contributed by atoms with E-state index in [1.165, 1.54) is 11.3 Å². The first-order chi connectivity index (χ1) is 7.70. The molecule has 1 aliphatic rings. The summed E-state index contributed by atoms with van der Waals surface area (Å²) in [7, 11) is 0. The summed E-state index contributed by atoms with van der Waals surface area (Å²) in [5, 5.41) is 14.6. The van der Waals surface area contributed by atoms with Crippen molar-refractivity contribution in [3.8, 4) is 0 Å². The molecule has 1 atom stereocenters. The second kappa shape index (κ2) is 4.95. The van der Waals surface area contributed by atoms with Crippen molar-refractivity contribution in [1.82, 2.24) is 10.2 Å². The Balaban J connectivity index is 2.23. The Hall–Kier alpha value is -0.910. The molecule has 0 bridgehead atoms. The number of aliphatic carboxylic acids is 1. The predicted molar refractivity (Wildman–Crippen MR) is 63.9 cm³/mol. The van der Waals surface area contributed by atoms with Crippen LogP contribution in [0.1, 0.15) is 16.5 Å². The van der Waals surface area contributed by atoms with Crippen molar-refractivity contribution < 1.29 is 9.90 Å². The van der Waals surface area contributed by atoms with E-state index >= 15 is 0 Å². The number of hydrogen-bond donors (Lipinski definition) is 2. The second-order valence-electron chi connectivity index (χ2n) is 3.99. The van der Waals surface area contributed by atoms with Gasteiger partial charge in [-0.05, 0) is 23.9 Å². The van der Waals surface area contributed by atoms with Gasteiger partial charge < -0.3 is 10.4 Å². The third kappa shape index (κ3) is 2.26. The normalized spacial score (nSPS) is 19.6. The number of nitrogens with one attached hydrogen (secondary N) is 1. The molecule has 0 saturated carbocycles. The van der Waals surface area contributed by atoms with Crippen LogP contribution in [0.25, 0.3) is 0 Å². The van der Waals surface area contributed by atoms with Crippen molar-refractivity contribution >= 4 is 17.3 Å². The largest absolute Gasteiger partial charge is 0.480 e. The molecule has 1 saturated heterocycles. The fourth-order valence-electron chi connectivity index (χ4n) is 2.04. The van der Waals surface area contributed by atoms with E-state index in [0.29, 0.717) is 0 Å². The topological polar surface area (TPSA) is 52.6 Å². The molecule has 1 aromatic rings. The maximum Gasteiger partial charge on any atom is 0.326 e. The van der Waals surface area contributed by atoms with Gasteiger partial charge in [0.1, 0.15) is 6.04 Å². The van der Waals surface area contributed by atoms with Crippen molar-refractivity contribution in [1.29, 1.82) is 0 Å². The van der Waals surface area contributed by atoms with Gasteiger partial charge in [0, 0.05) is 31.1 Å². The number of carbonyl (C=O) groups is 1. The Labute approximate surface area is 98.9 Å². The molecule has 88 valence electrons. The Morgan fingerprint density at radius 3 is 2.75 bits per heavy atom. The Kier molecular flexibility index (Phi) is 3.58. The van der Waals surface area contributed by atoms with Gasteiger partial charge in [-0.1, -0.05) is 0 Å². The summed E-state index contributed by atoms with van der Waals surface area (Å²) in [5.41, 5.74) is 1.08. The molecule has 0 aliphatic carbocycles. The molecule has 0 radical (unpaired) electrons. The third-order valence-corrected chi connectivity index (χ3v) is 3.97. The average molecular weight is 240 g/mol. The van der Waals surface area contributed by atoms with Gasteiger partial charge in [-0.2, -0.15) is 0 Å². The molecule has 0 aromatic carbocycles. The maximum absolute atomic E-state index is 11.4. The number of piperazine rings is 1. The van der Waals surface area contributed by atoms with E-state index in [1.54, 1.807) is 0 Å². The fourth-order valence-corrected chi connectivity index (χ4v) is 3.09. The van der Waals surface area contributed by atoms with Crippen molar-refractivity contribution in [2.75, 3.05) is 26.2 Å². The molecule has 16 heavy (non-hydrogen) atoms. The smallest absolute Gasteiger partial charge is 0.326 e. The van der Waals surface area contributed by atoms with Crippen LogP contribution in [0.3, 0.4) is 0 Å². The molecule has 1 aliphatic heterocycles. The fraction of sp³-hybridized carbons (Fsp3) is 0.545. The van der Waals surface area contributed by atoms with Crippen LogP contribution in [-0.2, 0) is 4.79 Å². The molecule has 0 amide bonds. The van der Waals surface area contributed by atoms with E-state index in [2.05, 4.69) is 5.32 Å². The summed E-state index contributed by atoms with van der Waals surface area (Å²) in [6.07, 6.45) is 0. The molecular weight excluding hydrogens is 224 g/mol. The van der Waals surface area contributed by atoms with Crippen LogP contribution in [0.15, 0.2) is 11.4 Å². The number of carboxylic acids is 1. The lowest BCUT2D eigenvalue weighted by Crippen LogP contribution is -2.47. The van der Waals surface area contributed by atoms with Gasteiger partial charge in [0.2, 0.25) is 0 Å². The summed E-state index contributed by atoms with van der Waals surface area (Å²) in [6, 6.07) is 1.51. The lowest BCUT2D eigenvalue weighted by Gasteiger charge is -2.32. The van der Waals surface area contributed by atoms with Crippen LogP contribution in [0.5, 0.6) is 0 Å². The van der Waals surface area contributed by atoms with E-state index in [-0.39, 0.29) is 0 Å². The van der Waals surface area contributed by atoms with Crippen LogP contribution in [0.2, 0.25) is 0 Å². The highest BCUT2D eigenvalue weighted by atomic mass is 32.1. The van der Waals surface area contributed by atoms with Gasteiger partial charge in [-0.3, -0.25) is 9.69 Å². The van der Waals surface area contributed by atoms with Crippen LogP contribution >= 0.6 is 11.3 Å². The monoisotopic (exact) mass is 240 g/mol. The molecule has 5 heteroatoms. The van der Waals surface area contributed by atoms with Crippen LogP contribution in [0.4, 0.5) is 0 Å². The van der Waals surface area contributed by atoms with Gasteiger partial charge in [-0.15, -0.1) is 11.3 Å². The molecule has 4 nitrogen and oxygen atoms in total. The SMILES string of the molecule is Cc1ccsc1C(C(=O)O)N1CCNCC1. The lowest BCUT2D eigenvalue weighted by molar-refractivity contribution is -0.143. The molecule has 0 spiro atoms. The minimum Gasteiger partial charge on any atom is -0.480 e. The molecule has 1 unspecified atom stereocenters. The van der Waals surface area contributed by atoms with Gasteiger partial charge in [0.25, 0.3) is 0 Å². The number of aryl methyl sites for hydroxylation is 1. The summed E-state index contributed by atoms with van der Waals surface area (Å²) in [5.74, 6) is -0.743. The Morgan fingerprint density at radius 2 is 2.25 bits per heavy atom. The van der Waals surface area contributed by atoms with Crippen molar-refractivity contribution in [2.24, 2.45) is 0 Å². The minimum absolute atomic E-state index is 0.470. The molecule has 2 rings (SSSR count). The molecule has 1 aromatic heterocycles. The third-order valence-electron chi connectivity index (χ3n) is 2.90. The first-order valence-corrected chi connectivity index (χ1v) is 6.29. The number of hydrogen-bond acceptors (Lipinski definition) is 4. The predicted octanol–water partition coefficient (Wildman–Crippen LogP) is 1.09. The van der Waals surface area contributed by atoms with Gasteiger partial charge in [0.15, 0.2) is 0 Å². The average Bonchev–Trinajstić information content (AvgIpc) is 2.66. The molecule has 1 fully saturated rings. The number of rotatable bonds is 3. The zero-order chi connectivity index (χ0) is 11.5. The molecule has 2 N–H and O–H groups in total. The summed E-state index contributed by atoms with van der Waals surface area (Å²) in [6.45, 7) is 5.31. The highest BCUT2D eigenvalue weighted by Gasteiger charge is 2.30. The zero-order valence-corrected chi connectivity index (χ0v) is 10.1. The standard InChI is InChI=1S/C11H16N2O2S/c1-8-2-7-16-10(8)9(11(14)15)13-5-3-12-4-6-13/h2,7,9,12H,3-6H2,1H3,(H,14,15). The summed E-state index contributed by atoms with van der Waals surface area (Å²) in [4.78, 5) is 14.4. The maximum atomic E-state index is 11.4. The number of nitrogens with zero attached hydrogens (tertiary/aromatic N) is 1. The van der Waals surface area contributed by atoms with Crippen LogP contribution in [-0.4, -0.2) is 42.2 Å². The van der Waals surface area contributed by atoms with E-state index in [0.717, 1.165) is 36.6 Å². The van der Waals surface area contributed by atoms with E-state index in [4.69, 9.17) is 0 Å². The number of carboxylic acid groups (broad SMARTS) is 1. The quantitative estimate of drug-likeness (QED) is 0.830. The summed E-state index contributed by atoms with van der Waals surface area (Å²) < 4.78 is 0. The van der Waals surface area contributed by atoms with Gasteiger partial charge in [0.05, 0.1) is 0 Å². The van der Waals surface area contributed by atoms with Crippen molar-refractivity contribution in [3.05, 3.63) is 21.9 Å². The summed E-state index contributed by atoms with van der Waals surface area (Å²) >= 11 is 1.54. The van der Waals surface area contributed by atoms with E-state index < -0.39 is 12.0 Å². The van der Waals surface area contributed by atoms with E-state index in [9.17, 15) is 9.90 Å². The van der Waals surface area contributed by atoms with Crippen LogP contribution in [0, 0.1) is 6.92 Å².